The lowest BCUT2D eigenvalue weighted by atomic mass is 10.2. The fourth-order valence-corrected chi connectivity index (χ4v) is 4.13. The Hall–Kier alpha value is -2.07. The first kappa shape index (κ1) is 12.9. The molecule has 1 heterocycles. The quantitative estimate of drug-likeness (QED) is 0.723. The third-order valence-corrected chi connectivity index (χ3v) is 5.47. The van der Waals surface area contributed by atoms with Crippen molar-refractivity contribution < 1.29 is 8.42 Å². The van der Waals surface area contributed by atoms with Crippen molar-refractivity contribution >= 4 is 20.9 Å². The van der Waals surface area contributed by atoms with Crippen LogP contribution in [0.2, 0.25) is 0 Å². The first-order valence-corrected chi connectivity index (χ1v) is 7.85. The van der Waals surface area contributed by atoms with Crippen LogP contribution < -0.4 is 0 Å². The number of hydrogen-bond donors (Lipinski definition) is 0. The van der Waals surface area contributed by atoms with Crippen molar-refractivity contribution in [3.63, 3.8) is 0 Å². The number of rotatable bonds is 2. The van der Waals surface area contributed by atoms with E-state index in [1.807, 2.05) is 44.2 Å². The molecule has 0 N–H and O–H groups in total. The molecule has 102 valence electrons. The highest BCUT2D eigenvalue weighted by Gasteiger charge is 2.22. The van der Waals surface area contributed by atoms with Gasteiger partial charge in [0.15, 0.2) is 0 Å². The van der Waals surface area contributed by atoms with Crippen molar-refractivity contribution in [1.29, 1.82) is 0 Å². The van der Waals surface area contributed by atoms with Gasteiger partial charge in [-0.3, -0.25) is 0 Å². The Labute approximate surface area is 118 Å². The zero-order valence-corrected chi connectivity index (χ0v) is 12.2. The third kappa shape index (κ3) is 1.76. The molecule has 0 spiro atoms. The molecule has 0 saturated heterocycles. The maximum atomic E-state index is 12.8. The van der Waals surface area contributed by atoms with Crippen LogP contribution in [0.25, 0.3) is 10.9 Å². The Balaban J connectivity index is 2.39. The van der Waals surface area contributed by atoms with Gasteiger partial charge in [0.1, 0.15) is 0 Å². The molecule has 2 aromatic carbocycles. The van der Waals surface area contributed by atoms with Gasteiger partial charge >= 0.3 is 0 Å². The van der Waals surface area contributed by atoms with E-state index in [2.05, 4.69) is 0 Å². The van der Waals surface area contributed by atoms with Crippen molar-refractivity contribution in [3.8, 4) is 0 Å². The van der Waals surface area contributed by atoms with Crippen LogP contribution in [0, 0.1) is 13.8 Å². The van der Waals surface area contributed by atoms with Crippen LogP contribution >= 0.6 is 0 Å². The second-order valence-corrected chi connectivity index (χ2v) is 6.60. The molecule has 0 radical (unpaired) electrons. The maximum Gasteiger partial charge on any atom is 0.268 e. The van der Waals surface area contributed by atoms with Crippen molar-refractivity contribution in [1.82, 2.24) is 3.97 Å². The molecule has 0 bridgehead atoms. The summed E-state index contributed by atoms with van der Waals surface area (Å²) >= 11 is 0. The van der Waals surface area contributed by atoms with Crippen molar-refractivity contribution in [2.24, 2.45) is 0 Å². The summed E-state index contributed by atoms with van der Waals surface area (Å²) in [6, 6.07) is 16.1. The zero-order chi connectivity index (χ0) is 14.3. The molecule has 0 aliphatic heterocycles. The van der Waals surface area contributed by atoms with E-state index < -0.39 is 10.0 Å². The molecule has 0 fully saturated rings. The Morgan fingerprint density at radius 1 is 0.850 bits per heavy atom. The highest BCUT2D eigenvalue weighted by atomic mass is 32.2. The number of hydrogen-bond acceptors (Lipinski definition) is 2. The lowest BCUT2D eigenvalue weighted by Crippen LogP contribution is -2.14. The van der Waals surface area contributed by atoms with Gasteiger partial charge in [-0.2, -0.15) is 0 Å². The second-order valence-electron chi connectivity index (χ2n) is 4.81. The van der Waals surface area contributed by atoms with E-state index in [4.69, 9.17) is 0 Å². The van der Waals surface area contributed by atoms with Gasteiger partial charge in [-0.15, -0.1) is 0 Å². The van der Waals surface area contributed by atoms with Crippen LogP contribution in [0.5, 0.6) is 0 Å². The molecule has 0 atom stereocenters. The van der Waals surface area contributed by atoms with E-state index in [-0.39, 0.29) is 0 Å². The standard InChI is InChI=1S/C16H15NO2S/c1-12-13(2)17(16-11-7-6-10-15(12)16)20(18,19)14-8-4-3-5-9-14/h3-11H,1-2H3. The Morgan fingerprint density at radius 2 is 1.45 bits per heavy atom. The Kier molecular flexibility index (Phi) is 2.91. The summed E-state index contributed by atoms with van der Waals surface area (Å²) in [5.41, 5.74) is 2.49. The first-order valence-electron chi connectivity index (χ1n) is 6.41. The van der Waals surface area contributed by atoms with E-state index in [0.29, 0.717) is 4.90 Å². The first-order chi connectivity index (χ1) is 9.53. The van der Waals surface area contributed by atoms with E-state index in [0.717, 1.165) is 22.2 Å². The Morgan fingerprint density at radius 3 is 2.15 bits per heavy atom. The summed E-state index contributed by atoms with van der Waals surface area (Å²) in [6.07, 6.45) is 0. The summed E-state index contributed by atoms with van der Waals surface area (Å²) in [5, 5.41) is 0.976. The van der Waals surface area contributed by atoms with Crippen LogP contribution in [0.3, 0.4) is 0 Å². The largest absolute Gasteiger partial charge is 0.268 e. The van der Waals surface area contributed by atoms with Crippen molar-refractivity contribution in [2.45, 2.75) is 18.7 Å². The molecule has 20 heavy (non-hydrogen) atoms. The summed E-state index contributed by atoms with van der Waals surface area (Å²) in [7, 11) is -3.56. The van der Waals surface area contributed by atoms with Gasteiger partial charge in [0, 0.05) is 11.1 Å². The minimum Gasteiger partial charge on any atom is -0.238 e. The fraction of sp³-hybridized carbons (Fsp3) is 0.125. The number of aryl methyl sites for hydroxylation is 1. The molecular weight excluding hydrogens is 270 g/mol. The predicted molar refractivity (Wildman–Crippen MR) is 80.4 cm³/mol. The molecular formula is C16H15NO2S. The Bertz CT molecular complexity index is 877. The van der Waals surface area contributed by atoms with Gasteiger partial charge in [0.2, 0.25) is 0 Å². The molecule has 3 rings (SSSR count). The molecule has 0 aliphatic rings. The van der Waals surface area contributed by atoms with Gasteiger partial charge in [-0.1, -0.05) is 36.4 Å². The molecule has 3 aromatic rings. The average Bonchev–Trinajstić information content (AvgIpc) is 2.73. The third-order valence-electron chi connectivity index (χ3n) is 3.66. The maximum absolute atomic E-state index is 12.8. The van der Waals surface area contributed by atoms with E-state index >= 15 is 0 Å². The van der Waals surface area contributed by atoms with E-state index in [1.54, 1.807) is 24.3 Å². The number of benzene rings is 2. The molecule has 1 aromatic heterocycles. The highest BCUT2D eigenvalue weighted by Crippen LogP contribution is 2.28. The van der Waals surface area contributed by atoms with Gasteiger partial charge in [0.05, 0.1) is 10.4 Å². The summed E-state index contributed by atoms with van der Waals surface area (Å²) in [5.74, 6) is 0. The smallest absolute Gasteiger partial charge is 0.238 e. The lowest BCUT2D eigenvalue weighted by molar-refractivity contribution is 0.588. The van der Waals surface area contributed by atoms with Crippen LogP contribution in [0.1, 0.15) is 11.3 Å². The summed E-state index contributed by atoms with van der Waals surface area (Å²) in [6.45, 7) is 3.80. The second kappa shape index (κ2) is 4.49. The van der Waals surface area contributed by atoms with E-state index in [1.165, 1.54) is 3.97 Å². The number of aromatic nitrogens is 1. The van der Waals surface area contributed by atoms with Gasteiger partial charge in [-0.05, 0) is 37.6 Å². The van der Waals surface area contributed by atoms with Crippen LogP contribution in [-0.4, -0.2) is 12.4 Å². The minimum absolute atomic E-state index is 0.309. The summed E-state index contributed by atoms with van der Waals surface area (Å²) in [4.78, 5) is 0.309. The van der Waals surface area contributed by atoms with Crippen LogP contribution in [0.4, 0.5) is 0 Å². The van der Waals surface area contributed by atoms with Crippen LogP contribution in [-0.2, 0) is 10.0 Å². The van der Waals surface area contributed by atoms with Crippen LogP contribution in [0.15, 0.2) is 59.5 Å². The molecule has 0 amide bonds. The number of fused-ring (bicyclic) bond motifs is 1. The number of nitrogens with zero attached hydrogens (tertiary/aromatic N) is 1. The monoisotopic (exact) mass is 285 g/mol. The van der Waals surface area contributed by atoms with Gasteiger partial charge < -0.3 is 0 Å². The molecule has 3 nitrogen and oxygen atoms in total. The van der Waals surface area contributed by atoms with E-state index in [9.17, 15) is 8.42 Å². The average molecular weight is 285 g/mol. The zero-order valence-electron chi connectivity index (χ0n) is 11.4. The SMILES string of the molecule is Cc1c(C)n(S(=O)(=O)c2ccccc2)c2ccccc12. The molecule has 4 heteroatoms. The molecule has 0 unspecified atom stereocenters. The van der Waals surface area contributed by atoms with Crippen molar-refractivity contribution in [3.05, 3.63) is 65.9 Å². The topological polar surface area (TPSA) is 39.1 Å². The lowest BCUT2D eigenvalue weighted by Gasteiger charge is -2.10. The highest BCUT2D eigenvalue weighted by molar-refractivity contribution is 7.90. The molecule has 0 saturated carbocycles. The molecule has 0 aliphatic carbocycles. The van der Waals surface area contributed by atoms with Crippen molar-refractivity contribution in [2.75, 3.05) is 0 Å². The normalized spacial score (nSPS) is 11.9. The summed E-state index contributed by atoms with van der Waals surface area (Å²) < 4.78 is 27.1. The van der Waals surface area contributed by atoms with Gasteiger partial charge in [-0.25, -0.2) is 12.4 Å². The predicted octanol–water partition coefficient (Wildman–Crippen LogP) is 3.50. The minimum atomic E-state index is -3.56. The van der Waals surface area contributed by atoms with Gasteiger partial charge in [0.25, 0.3) is 10.0 Å². The number of para-hydroxylation sites is 1. The fourth-order valence-electron chi connectivity index (χ4n) is 2.50.